The third-order valence-corrected chi connectivity index (χ3v) is 3.97. The summed E-state index contributed by atoms with van der Waals surface area (Å²) in [6.07, 6.45) is 1.73. The summed E-state index contributed by atoms with van der Waals surface area (Å²) in [6.45, 7) is 1.36. The molecular weight excluding hydrogens is 312 g/mol. The van der Waals surface area contributed by atoms with Gasteiger partial charge in [0.25, 0.3) is 5.91 Å². The minimum absolute atomic E-state index is 0.116. The average Bonchev–Trinajstić information content (AvgIpc) is 2.61. The van der Waals surface area contributed by atoms with Crippen molar-refractivity contribution in [2.45, 2.75) is 12.0 Å². The van der Waals surface area contributed by atoms with Gasteiger partial charge in [0, 0.05) is 39.5 Å². The zero-order valence-corrected chi connectivity index (χ0v) is 14.3. The molecule has 1 aromatic heterocycles. The first-order chi connectivity index (χ1) is 11.5. The van der Waals surface area contributed by atoms with Crippen LogP contribution in [0.4, 0.5) is 5.82 Å². The van der Waals surface area contributed by atoms with Crippen molar-refractivity contribution >= 4 is 17.6 Å². The quantitative estimate of drug-likeness (QED) is 0.766. The van der Waals surface area contributed by atoms with Crippen molar-refractivity contribution in [2.24, 2.45) is 0 Å². The molecule has 8 heteroatoms. The zero-order valence-electron chi connectivity index (χ0n) is 14.3. The number of anilines is 1. The van der Waals surface area contributed by atoms with Gasteiger partial charge in [0.2, 0.25) is 5.91 Å². The van der Waals surface area contributed by atoms with Crippen molar-refractivity contribution in [3.8, 4) is 0 Å². The summed E-state index contributed by atoms with van der Waals surface area (Å²) >= 11 is 0. The van der Waals surface area contributed by atoms with E-state index in [1.165, 1.54) is 0 Å². The van der Waals surface area contributed by atoms with Crippen LogP contribution in [0.2, 0.25) is 0 Å². The van der Waals surface area contributed by atoms with E-state index in [1.807, 2.05) is 0 Å². The minimum atomic E-state index is -0.832. The minimum Gasteiger partial charge on any atom is -0.382 e. The highest BCUT2D eigenvalue weighted by atomic mass is 16.5. The molecule has 0 saturated carbocycles. The topological polar surface area (TPSA) is 92.8 Å². The first kappa shape index (κ1) is 18.2. The molecule has 1 atom stereocenters. The summed E-state index contributed by atoms with van der Waals surface area (Å²) in [7, 11) is 4.88. The van der Waals surface area contributed by atoms with Crippen LogP contribution < -0.4 is 10.6 Å². The molecular formula is C16H24N4O4. The van der Waals surface area contributed by atoms with Crippen LogP contribution in [0.3, 0.4) is 0 Å². The van der Waals surface area contributed by atoms with Crippen molar-refractivity contribution in [3.63, 3.8) is 0 Å². The Kier molecular flexibility index (Phi) is 6.10. The van der Waals surface area contributed by atoms with Gasteiger partial charge >= 0.3 is 0 Å². The molecule has 0 radical (unpaired) electrons. The van der Waals surface area contributed by atoms with Crippen molar-refractivity contribution in [1.82, 2.24) is 15.2 Å². The SMILES string of the molecule is CNC(=O)CC1(COC)CN(C(=O)c2ccnc(NC)c2)CCO1. The number of nitrogens with zero attached hydrogens (tertiary/aromatic N) is 2. The Morgan fingerprint density at radius 3 is 2.92 bits per heavy atom. The Labute approximate surface area is 141 Å². The first-order valence-electron chi connectivity index (χ1n) is 7.80. The Hall–Kier alpha value is -2.19. The number of morpholine rings is 1. The smallest absolute Gasteiger partial charge is 0.254 e. The van der Waals surface area contributed by atoms with Crippen LogP contribution in [0.1, 0.15) is 16.8 Å². The Morgan fingerprint density at radius 2 is 2.25 bits per heavy atom. The fraction of sp³-hybridized carbons (Fsp3) is 0.562. The van der Waals surface area contributed by atoms with Gasteiger partial charge in [-0.3, -0.25) is 9.59 Å². The van der Waals surface area contributed by atoms with Crippen LogP contribution in [0.25, 0.3) is 0 Å². The van der Waals surface area contributed by atoms with Crippen molar-refractivity contribution in [1.29, 1.82) is 0 Å². The number of ether oxygens (including phenoxy) is 2. The van der Waals surface area contributed by atoms with Crippen LogP contribution in [0.15, 0.2) is 18.3 Å². The van der Waals surface area contributed by atoms with Gasteiger partial charge < -0.3 is 25.0 Å². The third kappa shape index (κ3) is 4.21. The summed E-state index contributed by atoms with van der Waals surface area (Å²) in [6, 6.07) is 3.38. The van der Waals surface area contributed by atoms with Crippen LogP contribution >= 0.6 is 0 Å². The summed E-state index contributed by atoms with van der Waals surface area (Å²) < 4.78 is 11.1. The molecule has 1 fully saturated rings. The fourth-order valence-electron chi connectivity index (χ4n) is 2.79. The number of hydrogen-bond acceptors (Lipinski definition) is 6. The van der Waals surface area contributed by atoms with Crippen LogP contribution in [0, 0.1) is 0 Å². The van der Waals surface area contributed by atoms with Crippen LogP contribution in [0.5, 0.6) is 0 Å². The molecule has 8 nitrogen and oxygen atoms in total. The number of nitrogens with one attached hydrogen (secondary N) is 2. The number of pyridine rings is 1. The largest absolute Gasteiger partial charge is 0.382 e. The molecule has 24 heavy (non-hydrogen) atoms. The first-order valence-corrected chi connectivity index (χ1v) is 7.80. The van der Waals surface area contributed by atoms with Crippen molar-refractivity contribution in [3.05, 3.63) is 23.9 Å². The lowest BCUT2D eigenvalue weighted by atomic mass is 9.97. The average molecular weight is 336 g/mol. The summed E-state index contributed by atoms with van der Waals surface area (Å²) in [4.78, 5) is 30.4. The standard InChI is InChI=1S/C16H24N4O4/c1-17-13-8-12(4-5-19-13)15(22)20-6-7-24-16(10-20,11-23-3)9-14(21)18-2/h4-5,8H,6-7,9-11H2,1-3H3,(H,17,19)(H,18,21). The predicted molar refractivity (Wildman–Crippen MR) is 88.9 cm³/mol. The highest BCUT2D eigenvalue weighted by Crippen LogP contribution is 2.24. The third-order valence-electron chi connectivity index (χ3n) is 3.97. The lowest BCUT2D eigenvalue weighted by Gasteiger charge is -2.42. The number of carbonyl (C=O) groups excluding carboxylic acids is 2. The predicted octanol–water partition coefficient (Wildman–Crippen LogP) is 0.117. The van der Waals surface area contributed by atoms with Crippen LogP contribution in [-0.2, 0) is 14.3 Å². The van der Waals surface area contributed by atoms with Gasteiger partial charge in [-0.2, -0.15) is 0 Å². The van der Waals surface area contributed by atoms with Crippen molar-refractivity contribution in [2.75, 3.05) is 52.8 Å². The molecule has 1 aliphatic rings. The number of aromatic nitrogens is 1. The van der Waals surface area contributed by atoms with Gasteiger partial charge in [0.15, 0.2) is 0 Å². The van der Waals surface area contributed by atoms with Gasteiger partial charge in [-0.15, -0.1) is 0 Å². The number of hydrogen-bond donors (Lipinski definition) is 2. The zero-order chi connectivity index (χ0) is 17.6. The second-order valence-corrected chi connectivity index (χ2v) is 5.72. The number of methoxy groups -OCH3 is 1. The van der Waals surface area contributed by atoms with Crippen LogP contribution in [-0.4, -0.2) is 74.8 Å². The van der Waals surface area contributed by atoms with Gasteiger partial charge in [-0.05, 0) is 12.1 Å². The highest BCUT2D eigenvalue weighted by molar-refractivity contribution is 5.95. The van der Waals surface area contributed by atoms with Gasteiger partial charge in [0.05, 0.1) is 26.2 Å². The second kappa shape index (κ2) is 8.07. The maximum absolute atomic E-state index is 12.8. The lowest BCUT2D eigenvalue weighted by molar-refractivity contribution is -0.150. The monoisotopic (exact) mass is 336 g/mol. The molecule has 0 aliphatic carbocycles. The molecule has 2 heterocycles. The molecule has 0 spiro atoms. The summed E-state index contributed by atoms with van der Waals surface area (Å²) in [5.74, 6) is 0.361. The molecule has 132 valence electrons. The van der Waals surface area contributed by atoms with E-state index in [1.54, 1.807) is 44.4 Å². The molecule has 1 aromatic rings. The van der Waals surface area contributed by atoms with E-state index in [4.69, 9.17) is 9.47 Å². The van der Waals surface area contributed by atoms with E-state index in [0.29, 0.717) is 31.1 Å². The Bertz CT molecular complexity index is 591. The van der Waals surface area contributed by atoms with Gasteiger partial charge in [-0.25, -0.2) is 4.98 Å². The molecule has 2 amide bonds. The molecule has 2 N–H and O–H groups in total. The molecule has 0 bridgehead atoms. The van der Waals surface area contributed by atoms with Gasteiger partial charge in [0.1, 0.15) is 11.4 Å². The van der Waals surface area contributed by atoms with E-state index in [2.05, 4.69) is 15.6 Å². The second-order valence-electron chi connectivity index (χ2n) is 5.72. The molecule has 2 rings (SSSR count). The lowest BCUT2D eigenvalue weighted by Crippen LogP contribution is -2.57. The van der Waals surface area contributed by atoms with E-state index < -0.39 is 5.60 Å². The molecule has 1 aliphatic heterocycles. The fourth-order valence-corrected chi connectivity index (χ4v) is 2.79. The van der Waals surface area contributed by atoms with E-state index in [-0.39, 0.29) is 24.8 Å². The normalized spacial score (nSPS) is 20.5. The summed E-state index contributed by atoms with van der Waals surface area (Å²) in [5.41, 5.74) is -0.288. The number of amides is 2. The van der Waals surface area contributed by atoms with E-state index in [0.717, 1.165) is 0 Å². The van der Waals surface area contributed by atoms with E-state index in [9.17, 15) is 9.59 Å². The van der Waals surface area contributed by atoms with Gasteiger partial charge in [-0.1, -0.05) is 0 Å². The highest BCUT2D eigenvalue weighted by Gasteiger charge is 2.40. The number of rotatable bonds is 6. The Morgan fingerprint density at radius 1 is 1.46 bits per heavy atom. The van der Waals surface area contributed by atoms with E-state index >= 15 is 0 Å². The number of carbonyl (C=O) groups is 2. The molecule has 1 saturated heterocycles. The summed E-state index contributed by atoms with van der Waals surface area (Å²) in [5, 5.41) is 5.51. The maximum Gasteiger partial charge on any atom is 0.254 e. The molecule has 0 aromatic carbocycles. The molecule has 1 unspecified atom stereocenters. The maximum atomic E-state index is 12.8. The van der Waals surface area contributed by atoms with Crippen molar-refractivity contribution < 1.29 is 19.1 Å². The Balaban J connectivity index is 2.17.